The molecule has 0 aliphatic carbocycles. The van der Waals surface area contributed by atoms with E-state index in [4.69, 9.17) is 10.8 Å². The highest BCUT2D eigenvalue weighted by atomic mass is 16.4. The summed E-state index contributed by atoms with van der Waals surface area (Å²) in [6.45, 7) is 3.80. The number of rotatable bonds is 6. The molecule has 5 nitrogen and oxygen atoms in total. The van der Waals surface area contributed by atoms with Gasteiger partial charge < -0.3 is 16.2 Å². The molecule has 1 amide bonds. The van der Waals surface area contributed by atoms with E-state index in [1.807, 2.05) is 19.9 Å². The summed E-state index contributed by atoms with van der Waals surface area (Å²) in [7, 11) is 0. The SMILES string of the molecule is CC(C)CC(NC(=O)C(N)c1ccccc1)C(=O)O. The number of nitrogens with two attached hydrogens (primary N) is 1. The zero-order valence-corrected chi connectivity index (χ0v) is 11.2. The fraction of sp³-hybridized carbons (Fsp3) is 0.429. The number of nitrogens with one attached hydrogen (secondary N) is 1. The van der Waals surface area contributed by atoms with Crippen molar-refractivity contribution >= 4 is 11.9 Å². The van der Waals surface area contributed by atoms with Gasteiger partial charge in [0.05, 0.1) is 0 Å². The average Bonchev–Trinajstić information content (AvgIpc) is 2.37. The number of hydrogen-bond acceptors (Lipinski definition) is 3. The van der Waals surface area contributed by atoms with E-state index in [1.165, 1.54) is 0 Å². The van der Waals surface area contributed by atoms with Crippen molar-refractivity contribution in [3.05, 3.63) is 35.9 Å². The van der Waals surface area contributed by atoms with Crippen LogP contribution in [0.1, 0.15) is 31.9 Å². The molecule has 1 aromatic rings. The number of aliphatic carboxylic acids is 1. The summed E-state index contributed by atoms with van der Waals surface area (Å²) >= 11 is 0. The Balaban J connectivity index is 2.69. The number of carbonyl (C=O) groups is 2. The molecule has 2 unspecified atom stereocenters. The van der Waals surface area contributed by atoms with Crippen LogP contribution in [0.25, 0.3) is 0 Å². The van der Waals surface area contributed by atoms with Gasteiger partial charge in [-0.1, -0.05) is 44.2 Å². The van der Waals surface area contributed by atoms with Crippen LogP contribution in [0.15, 0.2) is 30.3 Å². The number of hydrogen-bond donors (Lipinski definition) is 3. The molecule has 0 fully saturated rings. The Kier molecular flexibility index (Phi) is 5.51. The molecule has 0 saturated heterocycles. The minimum absolute atomic E-state index is 0.175. The van der Waals surface area contributed by atoms with Crippen molar-refractivity contribution in [3.8, 4) is 0 Å². The number of benzene rings is 1. The highest BCUT2D eigenvalue weighted by Crippen LogP contribution is 2.11. The topological polar surface area (TPSA) is 92.4 Å². The van der Waals surface area contributed by atoms with Gasteiger partial charge in [-0.05, 0) is 17.9 Å². The van der Waals surface area contributed by atoms with Gasteiger partial charge in [-0.2, -0.15) is 0 Å². The Bertz CT molecular complexity index is 432. The standard InChI is InChI=1S/C14H20N2O3/c1-9(2)8-11(14(18)19)16-13(17)12(15)10-6-4-3-5-7-10/h3-7,9,11-12H,8,15H2,1-2H3,(H,16,17)(H,18,19). The molecule has 0 aromatic heterocycles. The number of carboxylic acids is 1. The normalized spacial score (nSPS) is 13.9. The molecule has 2 atom stereocenters. The van der Waals surface area contributed by atoms with Crippen LogP contribution in [0.5, 0.6) is 0 Å². The van der Waals surface area contributed by atoms with Gasteiger partial charge >= 0.3 is 5.97 Å². The first-order chi connectivity index (χ1) is 8.91. The first-order valence-corrected chi connectivity index (χ1v) is 6.25. The molecule has 0 saturated carbocycles. The second-order valence-corrected chi connectivity index (χ2v) is 4.92. The lowest BCUT2D eigenvalue weighted by atomic mass is 10.0. The van der Waals surface area contributed by atoms with Crippen LogP contribution >= 0.6 is 0 Å². The molecule has 0 aliphatic heterocycles. The average molecular weight is 264 g/mol. The van der Waals surface area contributed by atoms with Crippen molar-refractivity contribution in [1.29, 1.82) is 0 Å². The molecule has 0 spiro atoms. The molecule has 0 bridgehead atoms. The molecule has 104 valence electrons. The summed E-state index contributed by atoms with van der Waals surface area (Å²) in [5.74, 6) is -1.34. The maximum atomic E-state index is 11.9. The van der Waals surface area contributed by atoms with Gasteiger partial charge in [-0.15, -0.1) is 0 Å². The number of carboxylic acid groups (broad SMARTS) is 1. The Morgan fingerprint density at radius 3 is 2.32 bits per heavy atom. The Morgan fingerprint density at radius 1 is 1.26 bits per heavy atom. The number of amides is 1. The maximum absolute atomic E-state index is 11.9. The van der Waals surface area contributed by atoms with Gasteiger partial charge in [0.15, 0.2) is 0 Å². The second kappa shape index (κ2) is 6.89. The minimum atomic E-state index is -1.04. The largest absolute Gasteiger partial charge is 0.480 e. The third-order valence-corrected chi connectivity index (χ3v) is 2.76. The Morgan fingerprint density at radius 2 is 1.84 bits per heavy atom. The Labute approximate surface area is 112 Å². The lowest BCUT2D eigenvalue weighted by Gasteiger charge is -2.19. The van der Waals surface area contributed by atoms with Crippen LogP contribution in [0.3, 0.4) is 0 Å². The van der Waals surface area contributed by atoms with E-state index in [0.717, 1.165) is 0 Å². The van der Waals surface area contributed by atoms with Gasteiger partial charge in [-0.25, -0.2) is 4.79 Å². The van der Waals surface area contributed by atoms with Gasteiger partial charge in [0, 0.05) is 0 Å². The van der Waals surface area contributed by atoms with E-state index in [-0.39, 0.29) is 5.92 Å². The van der Waals surface area contributed by atoms with Crippen molar-refractivity contribution in [1.82, 2.24) is 5.32 Å². The van der Waals surface area contributed by atoms with Crippen LogP contribution in [0.4, 0.5) is 0 Å². The predicted molar refractivity (Wildman–Crippen MR) is 72.4 cm³/mol. The lowest BCUT2D eigenvalue weighted by molar-refractivity contribution is -0.142. The molecule has 0 radical (unpaired) electrons. The van der Waals surface area contributed by atoms with Gasteiger partial charge in [-0.3, -0.25) is 4.79 Å². The van der Waals surface area contributed by atoms with Crippen molar-refractivity contribution in [2.24, 2.45) is 11.7 Å². The van der Waals surface area contributed by atoms with E-state index < -0.39 is 24.0 Å². The molecule has 0 aliphatic rings. The summed E-state index contributed by atoms with van der Waals surface area (Å²) in [6, 6.07) is 7.12. The van der Waals surface area contributed by atoms with Gasteiger partial charge in [0.25, 0.3) is 0 Å². The first kappa shape index (κ1) is 15.2. The van der Waals surface area contributed by atoms with Crippen molar-refractivity contribution in [3.63, 3.8) is 0 Å². The molecule has 4 N–H and O–H groups in total. The monoisotopic (exact) mass is 264 g/mol. The fourth-order valence-corrected chi connectivity index (χ4v) is 1.77. The lowest BCUT2D eigenvalue weighted by Crippen LogP contribution is -2.45. The fourth-order valence-electron chi connectivity index (χ4n) is 1.77. The Hall–Kier alpha value is -1.88. The van der Waals surface area contributed by atoms with Crippen LogP contribution in [0.2, 0.25) is 0 Å². The molecular formula is C14H20N2O3. The van der Waals surface area contributed by atoms with Gasteiger partial charge in [0.1, 0.15) is 12.1 Å². The summed E-state index contributed by atoms with van der Waals surface area (Å²) in [5, 5.41) is 11.6. The summed E-state index contributed by atoms with van der Waals surface area (Å²) in [6.07, 6.45) is 0.378. The van der Waals surface area contributed by atoms with Crippen molar-refractivity contribution < 1.29 is 14.7 Å². The maximum Gasteiger partial charge on any atom is 0.326 e. The van der Waals surface area contributed by atoms with Gasteiger partial charge in [0.2, 0.25) is 5.91 Å². The second-order valence-electron chi connectivity index (χ2n) is 4.92. The summed E-state index contributed by atoms with van der Waals surface area (Å²) < 4.78 is 0. The van der Waals surface area contributed by atoms with E-state index in [2.05, 4.69) is 5.32 Å². The zero-order valence-electron chi connectivity index (χ0n) is 11.2. The molecular weight excluding hydrogens is 244 g/mol. The van der Waals surface area contributed by atoms with Crippen molar-refractivity contribution in [2.75, 3.05) is 0 Å². The van der Waals surface area contributed by atoms with E-state index >= 15 is 0 Å². The molecule has 1 rings (SSSR count). The summed E-state index contributed by atoms with van der Waals surface area (Å²) in [5.41, 5.74) is 6.47. The quantitative estimate of drug-likeness (QED) is 0.722. The van der Waals surface area contributed by atoms with Crippen molar-refractivity contribution in [2.45, 2.75) is 32.4 Å². The van der Waals surface area contributed by atoms with E-state index in [0.29, 0.717) is 12.0 Å². The highest BCUT2D eigenvalue weighted by molar-refractivity contribution is 5.87. The van der Waals surface area contributed by atoms with Crippen LogP contribution in [-0.4, -0.2) is 23.0 Å². The molecule has 1 aromatic carbocycles. The van der Waals surface area contributed by atoms with E-state index in [1.54, 1.807) is 24.3 Å². The molecule has 5 heteroatoms. The van der Waals surface area contributed by atoms with E-state index in [9.17, 15) is 9.59 Å². The predicted octanol–water partition coefficient (Wildman–Crippen LogP) is 1.30. The molecule has 0 heterocycles. The van der Waals surface area contributed by atoms with Crippen LogP contribution in [-0.2, 0) is 9.59 Å². The third kappa shape index (κ3) is 4.71. The smallest absolute Gasteiger partial charge is 0.326 e. The van der Waals surface area contributed by atoms with Crippen LogP contribution < -0.4 is 11.1 Å². The third-order valence-electron chi connectivity index (χ3n) is 2.76. The van der Waals surface area contributed by atoms with Crippen LogP contribution in [0, 0.1) is 5.92 Å². The highest BCUT2D eigenvalue weighted by Gasteiger charge is 2.24. The minimum Gasteiger partial charge on any atom is -0.480 e. The molecule has 19 heavy (non-hydrogen) atoms. The summed E-state index contributed by atoms with van der Waals surface area (Å²) in [4.78, 5) is 23.0. The zero-order chi connectivity index (χ0) is 14.4. The number of carbonyl (C=O) groups excluding carboxylic acids is 1. The first-order valence-electron chi connectivity index (χ1n) is 6.25.